The minimum atomic E-state index is 0.0357. The Balaban J connectivity index is 1.37. The van der Waals surface area contributed by atoms with Crippen LogP contribution in [0.25, 0.3) is 10.8 Å². The Morgan fingerprint density at radius 1 is 0.875 bits per heavy atom. The van der Waals surface area contributed by atoms with Crippen LogP contribution >= 0.6 is 0 Å². The van der Waals surface area contributed by atoms with Gasteiger partial charge in [0.2, 0.25) is 0 Å². The molecule has 4 aromatic carbocycles. The van der Waals surface area contributed by atoms with Crippen LogP contribution in [-0.4, -0.2) is 24.5 Å². The molecule has 0 radical (unpaired) electrons. The molecule has 0 bridgehead atoms. The highest BCUT2D eigenvalue weighted by molar-refractivity contribution is 5.95. The summed E-state index contributed by atoms with van der Waals surface area (Å²) in [7, 11) is 1.64. The van der Waals surface area contributed by atoms with E-state index in [1.165, 1.54) is 11.1 Å². The summed E-state index contributed by atoms with van der Waals surface area (Å²) >= 11 is 0. The number of carbonyl (C=O) groups excluding carboxylic acids is 1. The summed E-state index contributed by atoms with van der Waals surface area (Å²) < 4.78 is 11.7. The predicted molar refractivity (Wildman–Crippen MR) is 126 cm³/mol. The van der Waals surface area contributed by atoms with E-state index in [2.05, 4.69) is 36.4 Å². The third-order valence-corrected chi connectivity index (χ3v) is 6.08. The van der Waals surface area contributed by atoms with Crippen molar-refractivity contribution in [3.8, 4) is 11.5 Å². The van der Waals surface area contributed by atoms with Gasteiger partial charge in [-0.05, 0) is 47.2 Å². The van der Waals surface area contributed by atoms with Crippen molar-refractivity contribution in [2.24, 2.45) is 0 Å². The van der Waals surface area contributed by atoms with E-state index < -0.39 is 0 Å². The van der Waals surface area contributed by atoms with Crippen molar-refractivity contribution in [1.82, 2.24) is 4.90 Å². The number of ether oxygens (including phenoxy) is 2. The monoisotopic (exact) mass is 423 g/mol. The van der Waals surface area contributed by atoms with Crippen molar-refractivity contribution in [3.05, 3.63) is 107 Å². The molecule has 0 atom stereocenters. The van der Waals surface area contributed by atoms with Crippen molar-refractivity contribution in [2.45, 2.75) is 19.6 Å². The molecule has 0 fully saturated rings. The second-order valence-electron chi connectivity index (χ2n) is 8.04. The minimum Gasteiger partial charge on any atom is -0.496 e. The van der Waals surface area contributed by atoms with E-state index in [-0.39, 0.29) is 5.91 Å². The van der Waals surface area contributed by atoms with Crippen molar-refractivity contribution >= 4 is 16.7 Å². The van der Waals surface area contributed by atoms with E-state index in [4.69, 9.17) is 9.47 Å². The molecule has 160 valence electrons. The summed E-state index contributed by atoms with van der Waals surface area (Å²) in [6.07, 6.45) is 0.884. The molecule has 0 unspecified atom stereocenters. The summed E-state index contributed by atoms with van der Waals surface area (Å²) in [6, 6.07) is 28.1. The largest absolute Gasteiger partial charge is 0.496 e. The first kappa shape index (κ1) is 20.1. The normalized spacial score (nSPS) is 13.0. The number of amides is 1. The maximum absolute atomic E-state index is 13.3. The van der Waals surface area contributed by atoms with Crippen molar-refractivity contribution in [1.29, 1.82) is 0 Å². The second kappa shape index (κ2) is 8.75. The molecule has 4 heteroatoms. The first-order chi connectivity index (χ1) is 15.7. The molecule has 1 aliphatic heterocycles. The summed E-state index contributed by atoms with van der Waals surface area (Å²) in [5.74, 6) is 1.56. The molecule has 32 heavy (non-hydrogen) atoms. The summed E-state index contributed by atoms with van der Waals surface area (Å²) in [5, 5.41) is 2.19. The maximum atomic E-state index is 13.3. The van der Waals surface area contributed by atoms with Gasteiger partial charge in [0.15, 0.2) is 0 Å². The van der Waals surface area contributed by atoms with Gasteiger partial charge >= 0.3 is 0 Å². The van der Waals surface area contributed by atoms with E-state index >= 15 is 0 Å². The van der Waals surface area contributed by atoms with Crippen LogP contribution in [0.4, 0.5) is 0 Å². The van der Waals surface area contributed by atoms with Crippen LogP contribution in [0.2, 0.25) is 0 Å². The van der Waals surface area contributed by atoms with Crippen LogP contribution in [0.15, 0.2) is 84.9 Å². The molecule has 0 aromatic heterocycles. The fourth-order valence-electron chi connectivity index (χ4n) is 4.35. The third-order valence-electron chi connectivity index (χ3n) is 6.08. The molecular weight excluding hydrogens is 398 g/mol. The first-order valence-electron chi connectivity index (χ1n) is 10.9. The van der Waals surface area contributed by atoms with Gasteiger partial charge in [0.1, 0.15) is 18.1 Å². The number of hydrogen-bond donors (Lipinski definition) is 0. The molecule has 4 aromatic rings. The van der Waals surface area contributed by atoms with Gasteiger partial charge in [-0.15, -0.1) is 0 Å². The van der Waals surface area contributed by atoms with E-state index in [0.29, 0.717) is 24.5 Å². The quantitative estimate of drug-likeness (QED) is 0.418. The SMILES string of the molecule is COc1ccc(C(=O)N2CCc3ccccc3C2)cc1COc1cccc2ccccc12. The zero-order valence-corrected chi connectivity index (χ0v) is 18.1. The Hall–Kier alpha value is -3.79. The zero-order valence-electron chi connectivity index (χ0n) is 18.1. The maximum Gasteiger partial charge on any atom is 0.254 e. The van der Waals surface area contributed by atoms with E-state index in [9.17, 15) is 4.79 Å². The molecule has 5 rings (SSSR count). The predicted octanol–water partition coefficient (Wildman–Crippen LogP) is 5.63. The number of carbonyl (C=O) groups is 1. The number of hydrogen-bond acceptors (Lipinski definition) is 3. The Kier molecular flexibility index (Phi) is 5.51. The van der Waals surface area contributed by atoms with Crippen LogP contribution in [0.5, 0.6) is 11.5 Å². The van der Waals surface area contributed by atoms with E-state index in [1.807, 2.05) is 53.4 Å². The van der Waals surface area contributed by atoms with Gasteiger partial charge in [0.25, 0.3) is 5.91 Å². The fourth-order valence-corrected chi connectivity index (χ4v) is 4.35. The highest BCUT2D eigenvalue weighted by Crippen LogP contribution is 2.28. The van der Waals surface area contributed by atoms with E-state index in [1.54, 1.807) is 7.11 Å². The van der Waals surface area contributed by atoms with E-state index in [0.717, 1.165) is 35.1 Å². The Morgan fingerprint density at radius 3 is 2.53 bits per heavy atom. The standard InChI is InChI=1S/C28H25NO3/c1-31-26-14-13-22(28(30)29-16-15-20-7-2-3-9-23(20)18-29)17-24(26)19-32-27-12-6-10-21-8-4-5-11-25(21)27/h2-14,17H,15-16,18-19H2,1H3. The van der Waals surface area contributed by atoms with Crippen molar-refractivity contribution in [3.63, 3.8) is 0 Å². The summed E-state index contributed by atoms with van der Waals surface area (Å²) in [5.41, 5.74) is 4.06. The molecule has 0 saturated heterocycles. The lowest BCUT2D eigenvalue weighted by atomic mass is 9.99. The lowest BCUT2D eigenvalue weighted by Crippen LogP contribution is -2.36. The van der Waals surface area contributed by atoms with Gasteiger partial charge in [-0.1, -0.05) is 60.7 Å². The van der Waals surface area contributed by atoms with Gasteiger partial charge in [-0.2, -0.15) is 0 Å². The van der Waals surface area contributed by atoms with Gasteiger partial charge < -0.3 is 14.4 Å². The molecule has 0 aliphatic carbocycles. The molecular formula is C28H25NO3. The van der Waals surface area contributed by atoms with Crippen molar-refractivity contribution in [2.75, 3.05) is 13.7 Å². The Labute approximate surface area is 188 Å². The Bertz CT molecular complexity index is 1280. The molecule has 1 aliphatic rings. The van der Waals surface area contributed by atoms with Crippen LogP contribution < -0.4 is 9.47 Å². The molecule has 1 amide bonds. The first-order valence-corrected chi connectivity index (χ1v) is 10.9. The highest BCUT2D eigenvalue weighted by atomic mass is 16.5. The lowest BCUT2D eigenvalue weighted by Gasteiger charge is -2.29. The van der Waals surface area contributed by atoms with Gasteiger partial charge in [-0.3, -0.25) is 4.79 Å². The fraction of sp³-hybridized carbons (Fsp3) is 0.179. The average molecular weight is 424 g/mol. The lowest BCUT2D eigenvalue weighted by molar-refractivity contribution is 0.0734. The molecule has 0 saturated carbocycles. The van der Waals surface area contributed by atoms with Gasteiger partial charge in [0, 0.05) is 29.6 Å². The number of methoxy groups -OCH3 is 1. The molecule has 4 nitrogen and oxygen atoms in total. The summed E-state index contributed by atoms with van der Waals surface area (Å²) in [4.78, 5) is 15.2. The number of fused-ring (bicyclic) bond motifs is 2. The number of rotatable bonds is 5. The number of nitrogens with zero attached hydrogens (tertiary/aromatic N) is 1. The molecule has 0 N–H and O–H groups in total. The van der Waals surface area contributed by atoms with Gasteiger partial charge in [0.05, 0.1) is 7.11 Å². The minimum absolute atomic E-state index is 0.0357. The second-order valence-corrected chi connectivity index (χ2v) is 8.04. The number of benzene rings is 4. The van der Waals surface area contributed by atoms with Gasteiger partial charge in [-0.25, -0.2) is 0 Å². The van der Waals surface area contributed by atoms with Crippen molar-refractivity contribution < 1.29 is 14.3 Å². The third kappa shape index (κ3) is 3.92. The average Bonchev–Trinajstić information content (AvgIpc) is 2.86. The van der Waals surface area contributed by atoms with Crippen LogP contribution in [-0.2, 0) is 19.6 Å². The Morgan fingerprint density at radius 2 is 1.66 bits per heavy atom. The summed E-state index contributed by atoms with van der Waals surface area (Å²) in [6.45, 7) is 1.69. The van der Waals surface area contributed by atoms with Crippen LogP contribution in [0.3, 0.4) is 0 Å². The van der Waals surface area contributed by atoms with Crippen LogP contribution in [0, 0.1) is 0 Å². The van der Waals surface area contributed by atoms with Crippen LogP contribution in [0.1, 0.15) is 27.0 Å². The smallest absolute Gasteiger partial charge is 0.254 e. The molecule has 1 heterocycles. The molecule has 0 spiro atoms. The zero-order chi connectivity index (χ0) is 21.9. The highest BCUT2D eigenvalue weighted by Gasteiger charge is 2.22. The topological polar surface area (TPSA) is 38.8 Å².